The molecular formula is C27H37N3O4. The Morgan fingerprint density at radius 1 is 1.26 bits per heavy atom. The number of aliphatic hydroxyl groups excluding tert-OH is 1. The van der Waals surface area contributed by atoms with Gasteiger partial charge >= 0.3 is 0 Å². The van der Waals surface area contributed by atoms with Crippen LogP contribution in [-0.4, -0.2) is 64.5 Å². The van der Waals surface area contributed by atoms with E-state index in [0.717, 1.165) is 68.2 Å². The van der Waals surface area contributed by atoms with Crippen molar-refractivity contribution < 1.29 is 14.6 Å². The van der Waals surface area contributed by atoms with Crippen LogP contribution in [0.2, 0.25) is 0 Å². The molecule has 7 nitrogen and oxygen atoms in total. The molecule has 2 unspecified atom stereocenters. The maximum atomic E-state index is 13.2. The quantitative estimate of drug-likeness (QED) is 0.638. The second-order valence-corrected chi connectivity index (χ2v) is 10.9. The molecule has 5 rings (SSSR count). The number of aliphatic hydroxyl groups is 1. The molecule has 1 saturated carbocycles. The smallest absolute Gasteiger partial charge is 0.264 e. The SMILES string of the molecule is Cc1cccc2c1cc(C(=O)NCC1CCN(C[C@]34CCC(O)CC3O4)CC1)c(=O)n2C(C)C. The molecule has 3 aliphatic rings. The van der Waals surface area contributed by atoms with Gasteiger partial charge in [0.2, 0.25) is 0 Å². The van der Waals surface area contributed by atoms with Crippen LogP contribution in [-0.2, 0) is 4.74 Å². The Kier molecular flexibility index (Phi) is 6.29. The van der Waals surface area contributed by atoms with Crippen LogP contribution in [0.5, 0.6) is 0 Å². The summed E-state index contributed by atoms with van der Waals surface area (Å²) in [6.45, 7) is 9.50. The van der Waals surface area contributed by atoms with Gasteiger partial charge in [-0.1, -0.05) is 12.1 Å². The van der Waals surface area contributed by atoms with E-state index in [4.69, 9.17) is 4.74 Å². The largest absolute Gasteiger partial charge is 0.393 e. The number of hydrogen-bond donors (Lipinski definition) is 2. The fourth-order valence-corrected chi connectivity index (χ4v) is 5.97. The van der Waals surface area contributed by atoms with Crippen LogP contribution in [0.3, 0.4) is 0 Å². The minimum Gasteiger partial charge on any atom is -0.393 e. The summed E-state index contributed by atoms with van der Waals surface area (Å²) in [7, 11) is 0. The molecule has 34 heavy (non-hydrogen) atoms. The number of amides is 1. The average Bonchev–Trinajstić information content (AvgIpc) is 3.50. The Bertz CT molecular complexity index is 1130. The zero-order chi connectivity index (χ0) is 24.0. The molecule has 0 spiro atoms. The predicted octanol–water partition coefficient (Wildman–Crippen LogP) is 3.02. The van der Waals surface area contributed by atoms with Crippen molar-refractivity contribution in [2.24, 2.45) is 5.92 Å². The first-order chi connectivity index (χ1) is 16.3. The van der Waals surface area contributed by atoms with Gasteiger partial charge in [0, 0.05) is 30.9 Å². The van der Waals surface area contributed by atoms with E-state index in [1.807, 2.05) is 39.0 Å². The number of aromatic nitrogens is 1. The van der Waals surface area contributed by atoms with E-state index in [2.05, 4.69) is 10.2 Å². The number of nitrogens with zero attached hydrogens (tertiary/aromatic N) is 2. The lowest BCUT2D eigenvalue weighted by molar-refractivity contribution is 0.0914. The summed E-state index contributed by atoms with van der Waals surface area (Å²) in [6.07, 6.45) is 4.64. The Morgan fingerprint density at radius 2 is 2.03 bits per heavy atom. The van der Waals surface area contributed by atoms with Gasteiger partial charge < -0.3 is 24.6 Å². The number of piperidine rings is 1. The third kappa shape index (κ3) is 4.41. The van der Waals surface area contributed by atoms with Crippen molar-refractivity contribution in [1.29, 1.82) is 0 Å². The third-order valence-corrected chi connectivity index (χ3v) is 8.10. The van der Waals surface area contributed by atoms with Crippen LogP contribution in [0.4, 0.5) is 0 Å². The van der Waals surface area contributed by atoms with Crippen LogP contribution in [0.25, 0.3) is 10.9 Å². The highest BCUT2D eigenvalue weighted by Gasteiger charge is 2.59. The fourth-order valence-electron chi connectivity index (χ4n) is 5.97. The number of aryl methyl sites for hydroxylation is 1. The average molecular weight is 468 g/mol. The van der Waals surface area contributed by atoms with Gasteiger partial charge in [-0.15, -0.1) is 0 Å². The lowest BCUT2D eigenvalue weighted by Gasteiger charge is -2.34. The molecule has 3 atom stereocenters. The van der Waals surface area contributed by atoms with E-state index in [0.29, 0.717) is 12.5 Å². The number of rotatable bonds is 6. The predicted molar refractivity (Wildman–Crippen MR) is 132 cm³/mol. The molecule has 7 heteroatoms. The van der Waals surface area contributed by atoms with Crippen molar-refractivity contribution in [3.63, 3.8) is 0 Å². The standard InChI is InChI=1S/C27H37N3O4/c1-17(2)30-23-6-4-5-18(3)21(23)14-22(26(30)33)25(32)28-15-19-8-11-29(12-9-19)16-27-10-7-20(31)13-24(27)34-27/h4-6,14,17,19-20,24,31H,7-13,15-16H2,1-3H3,(H,28,32)/t20?,24?,27-/m1/s1. The van der Waals surface area contributed by atoms with Crippen molar-refractivity contribution >= 4 is 16.8 Å². The summed E-state index contributed by atoms with van der Waals surface area (Å²) in [5.74, 6) is 0.136. The van der Waals surface area contributed by atoms with Crippen LogP contribution >= 0.6 is 0 Å². The highest BCUT2D eigenvalue weighted by Crippen LogP contribution is 2.48. The van der Waals surface area contributed by atoms with Gasteiger partial charge in [0.1, 0.15) is 11.2 Å². The molecule has 3 heterocycles. The molecule has 2 aliphatic heterocycles. The molecule has 1 aromatic carbocycles. The molecule has 1 aliphatic carbocycles. The fraction of sp³-hybridized carbons (Fsp3) is 0.630. The van der Waals surface area contributed by atoms with E-state index in [-0.39, 0.29) is 40.9 Å². The first-order valence-corrected chi connectivity index (χ1v) is 12.8. The van der Waals surface area contributed by atoms with Gasteiger partial charge in [-0.05, 0) is 83.2 Å². The second-order valence-electron chi connectivity index (χ2n) is 10.9. The molecule has 2 saturated heterocycles. The Labute approximate surface area is 201 Å². The van der Waals surface area contributed by atoms with Crippen molar-refractivity contribution in [3.8, 4) is 0 Å². The molecule has 2 N–H and O–H groups in total. The van der Waals surface area contributed by atoms with E-state index in [9.17, 15) is 14.7 Å². The molecule has 0 radical (unpaired) electrons. The van der Waals surface area contributed by atoms with Crippen molar-refractivity contribution in [1.82, 2.24) is 14.8 Å². The highest BCUT2D eigenvalue weighted by molar-refractivity contribution is 5.98. The maximum Gasteiger partial charge on any atom is 0.264 e. The summed E-state index contributed by atoms with van der Waals surface area (Å²) in [5.41, 5.74) is 1.91. The number of ether oxygens (including phenoxy) is 1. The van der Waals surface area contributed by atoms with Gasteiger partial charge in [-0.3, -0.25) is 9.59 Å². The number of hydrogen-bond acceptors (Lipinski definition) is 5. The van der Waals surface area contributed by atoms with Crippen LogP contribution in [0.15, 0.2) is 29.1 Å². The molecule has 3 fully saturated rings. The minimum atomic E-state index is -0.277. The Hall–Kier alpha value is -2.22. The molecule has 1 amide bonds. The number of pyridine rings is 1. The van der Waals surface area contributed by atoms with E-state index in [1.54, 1.807) is 10.6 Å². The second kappa shape index (κ2) is 9.10. The summed E-state index contributed by atoms with van der Waals surface area (Å²) < 4.78 is 7.71. The molecule has 1 aromatic heterocycles. The van der Waals surface area contributed by atoms with Gasteiger partial charge in [0.25, 0.3) is 11.5 Å². The van der Waals surface area contributed by atoms with Crippen LogP contribution < -0.4 is 10.9 Å². The molecule has 2 aromatic rings. The summed E-state index contributed by atoms with van der Waals surface area (Å²) >= 11 is 0. The number of carbonyl (C=O) groups excluding carboxylic acids is 1. The van der Waals surface area contributed by atoms with Crippen molar-refractivity contribution in [2.45, 2.75) is 76.7 Å². The van der Waals surface area contributed by atoms with Crippen LogP contribution in [0, 0.1) is 12.8 Å². The van der Waals surface area contributed by atoms with Gasteiger partial charge in [0.15, 0.2) is 0 Å². The van der Waals surface area contributed by atoms with E-state index in [1.165, 1.54) is 0 Å². The van der Waals surface area contributed by atoms with Gasteiger partial charge in [-0.2, -0.15) is 0 Å². The zero-order valence-corrected chi connectivity index (χ0v) is 20.5. The topological polar surface area (TPSA) is 87.1 Å². The normalized spacial score (nSPS) is 27.7. The lowest BCUT2D eigenvalue weighted by Crippen LogP contribution is -2.45. The van der Waals surface area contributed by atoms with Crippen LogP contribution in [0.1, 0.15) is 67.9 Å². The molecule has 0 bridgehead atoms. The number of carbonyl (C=O) groups is 1. The van der Waals surface area contributed by atoms with Crippen molar-refractivity contribution in [3.05, 3.63) is 45.7 Å². The molecular weight excluding hydrogens is 430 g/mol. The van der Waals surface area contributed by atoms with E-state index >= 15 is 0 Å². The highest BCUT2D eigenvalue weighted by atomic mass is 16.6. The molecule has 184 valence electrons. The number of fused-ring (bicyclic) bond motifs is 2. The first-order valence-electron chi connectivity index (χ1n) is 12.8. The van der Waals surface area contributed by atoms with Crippen molar-refractivity contribution in [2.75, 3.05) is 26.2 Å². The summed E-state index contributed by atoms with van der Waals surface area (Å²) in [5, 5.41) is 13.8. The number of epoxide rings is 1. The van der Waals surface area contributed by atoms with Gasteiger partial charge in [-0.25, -0.2) is 0 Å². The number of nitrogens with one attached hydrogen (secondary N) is 1. The number of benzene rings is 1. The summed E-state index contributed by atoms with van der Waals surface area (Å²) in [4.78, 5) is 28.7. The number of likely N-dealkylation sites (tertiary alicyclic amines) is 1. The third-order valence-electron chi connectivity index (χ3n) is 8.10. The summed E-state index contributed by atoms with van der Waals surface area (Å²) in [6, 6.07) is 7.64. The Balaban J connectivity index is 1.19. The maximum absolute atomic E-state index is 13.2. The van der Waals surface area contributed by atoms with E-state index < -0.39 is 0 Å². The minimum absolute atomic E-state index is 0.0230. The first kappa shape index (κ1) is 23.5. The Morgan fingerprint density at radius 3 is 2.74 bits per heavy atom. The van der Waals surface area contributed by atoms with Gasteiger partial charge in [0.05, 0.1) is 17.7 Å². The lowest BCUT2D eigenvalue weighted by atomic mass is 9.86. The zero-order valence-electron chi connectivity index (χ0n) is 20.5. The monoisotopic (exact) mass is 467 g/mol.